The van der Waals surface area contributed by atoms with Crippen molar-refractivity contribution >= 4 is 21.8 Å². The number of halogens is 1. The molecule has 1 amide bonds. The fourth-order valence-corrected chi connectivity index (χ4v) is 2.40. The molecular weight excluding hydrogens is 306 g/mol. The maximum absolute atomic E-state index is 11.9. The zero-order chi connectivity index (χ0) is 14.4. The Bertz CT molecular complexity index is 420. The van der Waals surface area contributed by atoms with E-state index in [9.17, 15) is 9.90 Å². The smallest absolute Gasteiger partial charge is 0.223 e. The summed E-state index contributed by atoms with van der Waals surface area (Å²) in [5.41, 5.74) is 1.07. The summed E-state index contributed by atoms with van der Waals surface area (Å²) < 4.78 is 0.992. The third-order valence-corrected chi connectivity index (χ3v) is 3.91. The first-order valence-corrected chi connectivity index (χ1v) is 7.46. The number of benzene rings is 1. The standard InChI is InChI=1S/C15H22BrNO2/c1-4-13(11-7-5-6-8-12(11)16)17-15(19)9-14(18)10(2)3/h5-8,10,13-14,18H,4,9H2,1-3H3,(H,17,19). The summed E-state index contributed by atoms with van der Waals surface area (Å²) >= 11 is 3.50. The summed E-state index contributed by atoms with van der Waals surface area (Å²) in [6, 6.07) is 7.84. The van der Waals surface area contributed by atoms with Crippen molar-refractivity contribution in [2.24, 2.45) is 5.92 Å². The number of nitrogens with one attached hydrogen (secondary N) is 1. The lowest BCUT2D eigenvalue weighted by Gasteiger charge is -2.20. The van der Waals surface area contributed by atoms with Crippen molar-refractivity contribution in [3.8, 4) is 0 Å². The minimum atomic E-state index is -0.586. The third kappa shape index (κ3) is 4.96. The second-order valence-corrected chi connectivity index (χ2v) is 5.92. The molecule has 0 saturated heterocycles. The highest BCUT2D eigenvalue weighted by atomic mass is 79.9. The van der Waals surface area contributed by atoms with Crippen LogP contribution in [0, 0.1) is 5.92 Å². The van der Waals surface area contributed by atoms with Crippen LogP contribution in [0.25, 0.3) is 0 Å². The van der Waals surface area contributed by atoms with Gasteiger partial charge in [-0.2, -0.15) is 0 Å². The summed E-state index contributed by atoms with van der Waals surface area (Å²) in [4.78, 5) is 11.9. The maximum Gasteiger partial charge on any atom is 0.223 e. The Balaban J connectivity index is 2.68. The molecule has 0 spiro atoms. The molecule has 1 aromatic carbocycles. The molecule has 2 unspecified atom stereocenters. The van der Waals surface area contributed by atoms with Crippen molar-refractivity contribution < 1.29 is 9.90 Å². The Morgan fingerprint density at radius 2 is 2.00 bits per heavy atom. The molecular formula is C15H22BrNO2. The number of hydrogen-bond acceptors (Lipinski definition) is 2. The highest BCUT2D eigenvalue weighted by Gasteiger charge is 2.18. The van der Waals surface area contributed by atoms with Gasteiger partial charge < -0.3 is 10.4 Å². The van der Waals surface area contributed by atoms with Crippen LogP contribution in [0.15, 0.2) is 28.7 Å². The van der Waals surface area contributed by atoms with E-state index in [0.717, 1.165) is 16.5 Å². The van der Waals surface area contributed by atoms with E-state index in [1.54, 1.807) is 0 Å². The van der Waals surface area contributed by atoms with E-state index in [0.29, 0.717) is 0 Å². The SMILES string of the molecule is CCC(NC(=O)CC(O)C(C)C)c1ccccc1Br. The lowest BCUT2D eigenvalue weighted by Crippen LogP contribution is -2.32. The second-order valence-electron chi connectivity index (χ2n) is 5.07. The number of aliphatic hydroxyl groups is 1. The van der Waals surface area contributed by atoms with Gasteiger partial charge in [0.2, 0.25) is 5.91 Å². The fourth-order valence-electron chi connectivity index (χ4n) is 1.84. The molecule has 0 aliphatic carbocycles. The van der Waals surface area contributed by atoms with E-state index in [2.05, 4.69) is 21.2 Å². The van der Waals surface area contributed by atoms with Crippen LogP contribution in [-0.2, 0) is 4.79 Å². The molecule has 1 rings (SSSR count). The molecule has 0 aliphatic heterocycles. The van der Waals surface area contributed by atoms with Crippen LogP contribution in [0.2, 0.25) is 0 Å². The van der Waals surface area contributed by atoms with Gasteiger partial charge in [-0.3, -0.25) is 4.79 Å². The molecule has 0 aromatic heterocycles. The topological polar surface area (TPSA) is 49.3 Å². The normalized spacial score (nSPS) is 14.2. The number of carbonyl (C=O) groups is 1. The Morgan fingerprint density at radius 1 is 1.37 bits per heavy atom. The van der Waals surface area contributed by atoms with E-state index in [-0.39, 0.29) is 24.3 Å². The number of aliphatic hydroxyl groups excluding tert-OH is 1. The van der Waals surface area contributed by atoms with Gasteiger partial charge in [-0.15, -0.1) is 0 Å². The summed E-state index contributed by atoms with van der Waals surface area (Å²) in [7, 11) is 0. The molecule has 0 aliphatic rings. The van der Waals surface area contributed by atoms with E-state index in [1.807, 2.05) is 45.0 Å². The minimum Gasteiger partial charge on any atom is -0.392 e. The molecule has 0 fully saturated rings. The van der Waals surface area contributed by atoms with Crippen molar-refractivity contribution in [3.05, 3.63) is 34.3 Å². The zero-order valence-corrected chi connectivity index (χ0v) is 13.3. The maximum atomic E-state index is 11.9. The number of rotatable bonds is 6. The average Bonchev–Trinajstić information content (AvgIpc) is 2.36. The number of carbonyl (C=O) groups excluding carboxylic acids is 1. The van der Waals surface area contributed by atoms with E-state index in [4.69, 9.17) is 0 Å². The molecule has 3 nitrogen and oxygen atoms in total. The van der Waals surface area contributed by atoms with Crippen LogP contribution >= 0.6 is 15.9 Å². The molecule has 0 saturated carbocycles. The average molecular weight is 328 g/mol. The van der Waals surface area contributed by atoms with Gasteiger partial charge in [0.25, 0.3) is 0 Å². The largest absolute Gasteiger partial charge is 0.392 e. The molecule has 106 valence electrons. The van der Waals surface area contributed by atoms with Crippen LogP contribution in [0.5, 0.6) is 0 Å². The van der Waals surface area contributed by atoms with Crippen molar-refractivity contribution in [1.29, 1.82) is 0 Å². The van der Waals surface area contributed by atoms with Gasteiger partial charge >= 0.3 is 0 Å². The first-order chi connectivity index (χ1) is 8.95. The molecule has 2 N–H and O–H groups in total. The van der Waals surface area contributed by atoms with Crippen molar-refractivity contribution in [3.63, 3.8) is 0 Å². The molecule has 2 atom stereocenters. The minimum absolute atomic E-state index is 0.0255. The number of hydrogen-bond donors (Lipinski definition) is 2. The first-order valence-electron chi connectivity index (χ1n) is 6.67. The van der Waals surface area contributed by atoms with Gasteiger partial charge in [0.15, 0.2) is 0 Å². The van der Waals surface area contributed by atoms with E-state index in [1.165, 1.54) is 0 Å². The van der Waals surface area contributed by atoms with Gasteiger partial charge in [-0.05, 0) is 24.0 Å². The lowest BCUT2D eigenvalue weighted by atomic mass is 10.0. The summed E-state index contributed by atoms with van der Waals surface area (Å²) in [6.45, 7) is 5.84. The van der Waals surface area contributed by atoms with Crippen LogP contribution in [0.4, 0.5) is 0 Å². The molecule has 19 heavy (non-hydrogen) atoms. The summed E-state index contributed by atoms with van der Waals surface area (Å²) in [6.07, 6.45) is 0.377. The van der Waals surface area contributed by atoms with Crippen LogP contribution in [0.1, 0.15) is 45.2 Å². The first kappa shape index (κ1) is 16.2. The highest BCUT2D eigenvalue weighted by Crippen LogP contribution is 2.25. The Labute approximate surface area is 123 Å². The van der Waals surface area contributed by atoms with E-state index < -0.39 is 6.10 Å². The number of amides is 1. The van der Waals surface area contributed by atoms with Gasteiger partial charge in [0, 0.05) is 4.47 Å². The predicted molar refractivity (Wildman–Crippen MR) is 80.8 cm³/mol. The van der Waals surface area contributed by atoms with Crippen molar-refractivity contribution in [1.82, 2.24) is 5.32 Å². The molecule has 1 aromatic rings. The predicted octanol–water partition coefficient (Wildman–Crippen LogP) is 3.42. The van der Waals surface area contributed by atoms with Gasteiger partial charge in [-0.1, -0.05) is 54.9 Å². The van der Waals surface area contributed by atoms with Crippen LogP contribution in [0.3, 0.4) is 0 Å². The fraction of sp³-hybridized carbons (Fsp3) is 0.533. The molecule has 0 radical (unpaired) electrons. The van der Waals surface area contributed by atoms with Crippen molar-refractivity contribution in [2.75, 3.05) is 0 Å². The van der Waals surface area contributed by atoms with Crippen molar-refractivity contribution in [2.45, 2.75) is 45.8 Å². The monoisotopic (exact) mass is 327 g/mol. The Kier molecular flexibility index (Phi) is 6.52. The second kappa shape index (κ2) is 7.65. The van der Waals surface area contributed by atoms with Crippen LogP contribution in [-0.4, -0.2) is 17.1 Å². The van der Waals surface area contributed by atoms with E-state index >= 15 is 0 Å². The van der Waals surface area contributed by atoms with Gasteiger partial charge in [0.05, 0.1) is 18.6 Å². The quantitative estimate of drug-likeness (QED) is 0.841. The molecule has 0 bridgehead atoms. The van der Waals surface area contributed by atoms with Gasteiger partial charge in [-0.25, -0.2) is 0 Å². The summed E-state index contributed by atoms with van der Waals surface area (Å²) in [5, 5.41) is 12.7. The summed E-state index contributed by atoms with van der Waals surface area (Å²) in [5.74, 6) is -0.0157. The Morgan fingerprint density at radius 3 is 2.53 bits per heavy atom. The highest BCUT2D eigenvalue weighted by molar-refractivity contribution is 9.10. The molecule has 0 heterocycles. The third-order valence-electron chi connectivity index (χ3n) is 3.19. The lowest BCUT2D eigenvalue weighted by molar-refractivity contribution is -0.124. The van der Waals surface area contributed by atoms with Gasteiger partial charge in [0.1, 0.15) is 0 Å². The Hall–Kier alpha value is -0.870. The van der Waals surface area contributed by atoms with Crippen LogP contribution < -0.4 is 5.32 Å². The molecule has 4 heteroatoms. The zero-order valence-electron chi connectivity index (χ0n) is 11.7.